The predicted molar refractivity (Wildman–Crippen MR) is 74.8 cm³/mol. The van der Waals surface area contributed by atoms with E-state index in [0.29, 0.717) is 23.2 Å². The lowest BCUT2D eigenvalue weighted by molar-refractivity contribution is -0.130. The molecule has 20 heavy (non-hydrogen) atoms. The van der Waals surface area contributed by atoms with Crippen LogP contribution in [0.5, 0.6) is 0 Å². The third-order valence-electron chi connectivity index (χ3n) is 7.36. The van der Waals surface area contributed by atoms with E-state index in [2.05, 4.69) is 13.8 Å². The van der Waals surface area contributed by atoms with Crippen molar-refractivity contribution < 1.29 is 9.59 Å². The number of ketones is 2. The van der Waals surface area contributed by atoms with Gasteiger partial charge in [0, 0.05) is 11.8 Å². The molecule has 0 aliphatic heterocycles. The molecule has 0 radical (unpaired) electrons. The minimum absolute atomic E-state index is 0.00291. The van der Waals surface area contributed by atoms with E-state index in [4.69, 9.17) is 0 Å². The lowest BCUT2D eigenvalue weighted by Crippen LogP contribution is -2.52. The molecule has 2 heteroatoms. The van der Waals surface area contributed by atoms with Gasteiger partial charge in [-0.05, 0) is 60.5 Å². The average molecular weight is 268 g/mol. The fourth-order valence-electron chi connectivity index (χ4n) is 6.24. The first-order chi connectivity index (χ1) is 9.50. The summed E-state index contributed by atoms with van der Waals surface area (Å²) in [7, 11) is 0. The second kappa shape index (κ2) is 3.18. The molecule has 6 aliphatic rings. The molecule has 6 atom stereocenters. The Balaban J connectivity index is 1.64. The van der Waals surface area contributed by atoms with Crippen LogP contribution in [-0.4, -0.2) is 11.6 Å². The monoisotopic (exact) mass is 268 g/mol. The lowest BCUT2D eigenvalue weighted by Gasteiger charge is -2.60. The van der Waals surface area contributed by atoms with Crippen LogP contribution in [0.3, 0.4) is 0 Å². The number of hydrogen-bond acceptors (Lipinski definition) is 2. The Kier molecular flexibility index (Phi) is 1.82. The first kappa shape index (κ1) is 11.5. The van der Waals surface area contributed by atoms with Gasteiger partial charge in [-0.1, -0.05) is 25.0 Å². The third kappa shape index (κ3) is 1.03. The largest absolute Gasteiger partial charge is 0.294 e. The summed E-state index contributed by atoms with van der Waals surface area (Å²) in [6.45, 7) is 4.79. The smallest absolute Gasteiger partial charge is 0.160 e. The molecule has 0 spiro atoms. The minimum atomic E-state index is -0.0100. The van der Waals surface area contributed by atoms with Gasteiger partial charge >= 0.3 is 0 Å². The van der Waals surface area contributed by atoms with Crippen LogP contribution in [0.4, 0.5) is 0 Å². The molecule has 0 N–H and O–H groups in total. The fourth-order valence-corrected chi connectivity index (χ4v) is 6.24. The Morgan fingerprint density at radius 1 is 1.00 bits per heavy atom. The molecule has 4 bridgehead atoms. The van der Waals surface area contributed by atoms with Gasteiger partial charge < -0.3 is 0 Å². The fraction of sp³-hybridized carbons (Fsp3) is 0.667. The van der Waals surface area contributed by atoms with Crippen molar-refractivity contribution in [3.8, 4) is 0 Å². The van der Waals surface area contributed by atoms with Crippen LogP contribution < -0.4 is 0 Å². The van der Waals surface area contributed by atoms with E-state index < -0.39 is 0 Å². The molecule has 0 saturated heterocycles. The van der Waals surface area contributed by atoms with E-state index in [1.54, 1.807) is 17.2 Å². The molecule has 104 valence electrons. The number of hydrogen-bond donors (Lipinski definition) is 0. The zero-order chi connectivity index (χ0) is 13.8. The predicted octanol–water partition coefficient (Wildman–Crippen LogP) is 2.94. The Morgan fingerprint density at radius 3 is 2.30 bits per heavy atom. The summed E-state index contributed by atoms with van der Waals surface area (Å²) in [5.41, 5.74) is 3.66. The summed E-state index contributed by atoms with van der Waals surface area (Å²) >= 11 is 0. The quantitative estimate of drug-likeness (QED) is 0.633. The van der Waals surface area contributed by atoms with Crippen molar-refractivity contribution in [3.05, 3.63) is 23.3 Å². The highest BCUT2D eigenvalue weighted by molar-refractivity contribution is 6.08. The van der Waals surface area contributed by atoms with Gasteiger partial charge in [-0.15, -0.1) is 0 Å². The van der Waals surface area contributed by atoms with Crippen molar-refractivity contribution in [2.45, 2.75) is 33.1 Å². The van der Waals surface area contributed by atoms with E-state index in [0.717, 1.165) is 12.3 Å². The van der Waals surface area contributed by atoms with Gasteiger partial charge in [0.2, 0.25) is 0 Å². The van der Waals surface area contributed by atoms with Crippen LogP contribution in [-0.2, 0) is 9.59 Å². The molecule has 0 aromatic heterocycles. The number of fused-ring (bicyclic) bond motifs is 5. The van der Waals surface area contributed by atoms with Crippen LogP contribution in [0, 0.1) is 40.9 Å². The van der Waals surface area contributed by atoms with Crippen molar-refractivity contribution in [2.75, 3.05) is 0 Å². The molecule has 2 saturated carbocycles. The number of rotatable bonds is 0. The summed E-state index contributed by atoms with van der Waals surface area (Å²) in [6, 6.07) is 0. The Bertz CT molecular complexity index is 621. The minimum Gasteiger partial charge on any atom is -0.294 e. The molecule has 0 aromatic carbocycles. The van der Waals surface area contributed by atoms with Crippen LogP contribution >= 0.6 is 0 Å². The summed E-state index contributed by atoms with van der Waals surface area (Å²) < 4.78 is 0. The van der Waals surface area contributed by atoms with Gasteiger partial charge in [-0.2, -0.15) is 0 Å². The van der Waals surface area contributed by atoms with Gasteiger partial charge in [0.15, 0.2) is 11.6 Å². The van der Waals surface area contributed by atoms with Crippen molar-refractivity contribution >= 4 is 11.6 Å². The van der Waals surface area contributed by atoms with Crippen LogP contribution in [0.1, 0.15) is 33.1 Å². The highest BCUT2D eigenvalue weighted by atomic mass is 16.1. The van der Waals surface area contributed by atoms with Gasteiger partial charge in [0.1, 0.15) is 0 Å². The van der Waals surface area contributed by atoms with Crippen molar-refractivity contribution in [3.63, 3.8) is 0 Å². The average Bonchev–Trinajstić information content (AvgIpc) is 2.99. The van der Waals surface area contributed by atoms with Crippen molar-refractivity contribution in [1.82, 2.24) is 0 Å². The molecular formula is C18H20O2. The molecule has 2 nitrogen and oxygen atoms in total. The molecule has 2 fully saturated rings. The van der Waals surface area contributed by atoms with E-state index in [9.17, 15) is 9.59 Å². The summed E-state index contributed by atoms with van der Waals surface area (Å²) in [5, 5.41) is 0. The van der Waals surface area contributed by atoms with E-state index >= 15 is 0 Å². The molecule has 0 amide bonds. The SMILES string of the molecule is CC1(C)[C@H]2CC3=C([C@H]4C[C@H]3[C@H]3C(=O)C=CC(=O)[C@@H]34)[C@H]1C2. The van der Waals surface area contributed by atoms with Gasteiger partial charge in [0.25, 0.3) is 0 Å². The number of carbonyl (C=O) groups excluding carboxylic acids is 2. The summed E-state index contributed by atoms with van der Waals surface area (Å²) in [6.07, 6.45) is 6.69. The maximum absolute atomic E-state index is 12.3. The maximum atomic E-state index is 12.3. The zero-order valence-corrected chi connectivity index (χ0v) is 12.1. The number of carbonyl (C=O) groups is 2. The molecular weight excluding hydrogens is 248 g/mol. The highest BCUT2D eigenvalue weighted by Gasteiger charge is 2.64. The molecule has 0 aromatic rings. The Morgan fingerprint density at radius 2 is 1.65 bits per heavy atom. The van der Waals surface area contributed by atoms with Gasteiger partial charge in [-0.25, -0.2) is 0 Å². The maximum Gasteiger partial charge on any atom is 0.160 e. The van der Waals surface area contributed by atoms with Crippen LogP contribution in [0.25, 0.3) is 0 Å². The Labute approximate surface area is 119 Å². The first-order valence-corrected chi connectivity index (χ1v) is 7.98. The van der Waals surface area contributed by atoms with Crippen molar-refractivity contribution in [2.24, 2.45) is 40.9 Å². The number of allylic oxidation sites excluding steroid dienone is 4. The Hall–Kier alpha value is -1.18. The molecule has 0 heterocycles. The third-order valence-corrected chi connectivity index (χ3v) is 7.36. The van der Waals surface area contributed by atoms with Gasteiger partial charge in [-0.3, -0.25) is 9.59 Å². The second-order valence-corrected chi connectivity index (χ2v) is 8.13. The molecule has 6 rings (SSSR count). The highest BCUT2D eigenvalue weighted by Crippen LogP contribution is 2.71. The molecule has 6 aliphatic carbocycles. The van der Waals surface area contributed by atoms with Crippen molar-refractivity contribution in [1.29, 1.82) is 0 Å². The van der Waals surface area contributed by atoms with Crippen LogP contribution in [0.2, 0.25) is 0 Å². The lowest BCUT2D eigenvalue weighted by atomic mass is 9.45. The topological polar surface area (TPSA) is 34.1 Å². The normalized spacial score (nSPS) is 50.1. The van der Waals surface area contributed by atoms with Crippen LogP contribution in [0.15, 0.2) is 23.3 Å². The van der Waals surface area contributed by atoms with Gasteiger partial charge in [0.05, 0.1) is 0 Å². The molecule has 0 unspecified atom stereocenters. The standard InChI is InChI=1S/C18H20O2/c1-18(2)8-5-9-10-7-11(15(9)12(18)6-8)17-14(20)4-3-13(19)16(10)17/h3-4,8,10-12,16-17H,5-7H2,1-2H3/t8-,10+,11+,12+,16-,17-/m0/s1. The van der Waals surface area contributed by atoms with E-state index in [-0.39, 0.29) is 23.4 Å². The summed E-state index contributed by atoms with van der Waals surface area (Å²) in [4.78, 5) is 24.5. The zero-order valence-electron chi connectivity index (χ0n) is 12.1. The van der Waals surface area contributed by atoms with E-state index in [1.807, 2.05) is 0 Å². The first-order valence-electron chi connectivity index (χ1n) is 7.98. The van der Waals surface area contributed by atoms with E-state index in [1.165, 1.54) is 18.9 Å². The second-order valence-electron chi connectivity index (χ2n) is 8.13. The summed E-state index contributed by atoms with van der Waals surface area (Å²) in [5.74, 6) is 2.73.